The van der Waals surface area contributed by atoms with E-state index < -0.39 is 0 Å². The van der Waals surface area contributed by atoms with Gasteiger partial charge in [0.1, 0.15) is 11.9 Å². The molecule has 0 aliphatic carbocycles. The zero-order valence-corrected chi connectivity index (χ0v) is 9.07. The molecule has 1 aromatic heterocycles. The third-order valence-corrected chi connectivity index (χ3v) is 2.28. The first-order valence-corrected chi connectivity index (χ1v) is 5.00. The van der Waals surface area contributed by atoms with Gasteiger partial charge in [-0.1, -0.05) is 13.8 Å². The van der Waals surface area contributed by atoms with Crippen molar-refractivity contribution in [2.45, 2.75) is 19.9 Å². The summed E-state index contributed by atoms with van der Waals surface area (Å²) in [6.07, 6.45) is 1.55. The van der Waals surface area contributed by atoms with Crippen LogP contribution in [0.15, 0.2) is 18.3 Å². The maximum absolute atomic E-state index is 8.61. The van der Waals surface area contributed by atoms with Crippen LogP contribution >= 0.6 is 0 Å². The highest BCUT2D eigenvalue weighted by molar-refractivity contribution is 5.39. The average molecular weight is 204 g/mol. The molecule has 0 saturated heterocycles. The lowest BCUT2D eigenvalue weighted by atomic mass is 10.1. The molecule has 0 bridgehead atoms. The SMILES string of the molecule is CC(C)C(CN)Nc1ccc(C#N)cn1. The fourth-order valence-electron chi connectivity index (χ4n) is 1.23. The fourth-order valence-corrected chi connectivity index (χ4v) is 1.23. The van der Waals surface area contributed by atoms with Gasteiger partial charge in [-0.2, -0.15) is 5.26 Å². The Labute approximate surface area is 90.1 Å². The maximum atomic E-state index is 8.61. The summed E-state index contributed by atoms with van der Waals surface area (Å²) in [7, 11) is 0. The fraction of sp³-hybridized carbons (Fsp3) is 0.455. The smallest absolute Gasteiger partial charge is 0.126 e. The predicted octanol–water partition coefficient (Wildman–Crippen LogP) is 1.35. The highest BCUT2D eigenvalue weighted by Gasteiger charge is 2.10. The molecule has 0 radical (unpaired) electrons. The van der Waals surface area contributed by atoms with E-state index in [4.69, 9.17) is 11.0 Å². The van der Waals surface area contributed by atoms with Gasteiger partial charge in [0.2, 0.25) is 0 Å². The number of nitrogens with two attached hydrogens (primary N) is 1. The molecule has 1 rings (SSSR count). The second-order valence-corrected chi connectivity index (χ2v) is 3.77. The van der Waals surface area contributed by atoms with Gasteiger partial charge in [0, 0.05) is 18.8 Å². The van der Waals surface area contributed by atoms with Crippen LogP contribution in [0.1, 0.15) is 19.4 Å². The summed E-state index contributed by atoms with van der Waals surface area (Å²) in [6, 6.07) is 5.78. The third kappa shape index (κ3) is 3.22. The molecule has 0 amide bonds. The van der Waals surface area contributed by atoms with Crippen molar-refractivity contribution in [3.63, 3.8) is 0 Å². The minimum atomic E-state index is 0.213. The van der Waals surface area contributed by atoms with Gasteiger partial charge < -0.3 is 11.1 Å². The summed E-state index contributed by atoms with van der Waals surface area (Å²) in [4.78, 5) is 4.13. The van der Waals surface area contributed by atoms with E-state index in [2.05, 4.69) is 24.1 Å². The topological polar surface area (TPSA) is 74.7 Å². The lowest BCUT2D eigenvalue weighted by Crippen LogP contribution is -2.33. The summed E-state index contributed by atoms with van der Waals surface area (Å²) in [5, 5.41) is 11.8. The van der Waals surface area contributed by atoms with E-state index in [0.717, 1.165) is 5.82 Å². The van der Waals surface area contributed by atoms with Gasteiger partial charge >= 0.3 is 0 Å². The number of rotatable bonds is 4. The Hall–Kier alpha value is -1.60. The number of hydrogen-bond acceptors (Lipinski definition) is 4. The van der Waals surface area contributed by atoms with Gasteiger partial charge in [-0.25, -0.2) is 4.98 Å². The van der Waals surface area contributed by atoms with Crippen molar-refractivity contribution in [3.8, 4) is 6.07 Å². The molecule has 0 fully saturated rings. The van der Waals surface area contributed by atoms with Gasteiger partial charge in [0.25, 0.3) is 0 Å². The second-order valence-electron chi connectivity index (χ2n) is 3.77. The number of nitriles is 1. The molecule has 0 spiro atoms. The number of anilines is 1. The van der Waals surface area contributed by atoms with E-state index in [1.807, 2.05) is 6.07 Å². The van der Waals surface area contributed by atoms with Crippen LogP contribution < -0.4 is 11.1 Å². The minimum Gasteiger partial charge on any atom is -0.366 e. The van der Waals surface area contributed by atoms with Crippen LogP contribution in [0.25, 0.3) is 0 Å². The summed E-state index contributed by atoms with van der Waals surface area (Å²) < 4.78 is 0. The molecule has 1 heterocycles. The molecule has 0 aliphatic rings. The lowest BCUT2D eigenvalue weighted by molar-refractivity contribution is 0.530. The number of aromatic nitrogens is 1. The van der Waals surface area contributed by atoms with Crippen LogP contribution in [0.5, 0.6) is 0 Å². The second kappa shape index (κ2) is 5.32. The van der Waals surface area contributed by atoms with Crippen molar-refractivity contribution in [1.82, 2.24) is 4.98 Å². The Kier molecular flexibility index (Phi) is 4.07. The Morgan fingerprint density at radius 2 is 2.27 bits per heavy atom. The first kappa shape index (κ1) is 11.5. The summed E-state index contributed by atoms with van der Waals surface area (Å²) in [6.45, 7) is 4.78. The molecule has 4 heteroatoms. The first-order chi connectivity index (χ1) is 7.17. The zero-order valence-electron chi connectivity index (χ0n) is 9.07. The zero-order chi connectivity index (χ0) is 11.3. The van der Waals surface area contributed by atoms with Crippen molar-refractivity contribution >= 4 is 5.82 Å². The van der Waals surface area contributed by atoms with Crippen LogP contribution in [0.3, 0.4) is 0 Å². The summed E-state index contributed by atoms with van der Waals surface area (Å²) in [5.74, 6) is 1.21. The molecular weight excluding hydrogens is 188 g/mol. The normalized spacial score (nSPS) is 12.2. The van der Waals surface area contributed by atoms with Crippen molar-refractivity contribution in [2.24, 2.45) is 11.7 Å². The van der Waals surface area contributed by atoms with Crippen LogP contribution in [0, 0.1) is 17.2 Å². The molecule has 1 unspecified atom stereocenters. The summed E-state index contributed by atoms with van der Waals surface area (Å²) in [5.41, 5.74) is 6.20. The van der Waals surface area contributed by atoms with Gasteiger partial charge in [0.15, 0.2) is 0 Å². The highest BCUT2D eigenvalue weighted by Crippen LogP contribution is 2.09. The van der Waals surface area contributed by atoms with Crippen molar-refractivity contribution in [2.75, 3.05) is 11.9 Å². The average Bonchev–Trinajstić information content (AvgIpc) is 2.26. The van der Waals surface area contributed by atoms with E-state index >= 15 is 0 Å². The van der Waals surface area contributed by atoms with Gasteiger partial charge in [-0.05, 0) is 18.1 Å². The van der Waals surface area contributed by atoms with Crippen LogP contribution in [0.4, 0.5) is 5.82 Å². The minimum absolute atomic E-state index is 0.213. The number of hydrogen-bond donors (Lipinski definition) is 2. The monoisotopic (exact) mass is 204 g/mol. The molecule has 3 N–H and O–H groups in total. The van der Waals surface area contributed by atoms with Crippen molar-refractivity contribution in [1.29, 1.82) is 5.26 Å². The Balaban J connectivity index is 2.68. The Morgan fingerprint density at radius 3 is 2.67 bits per heavy atom. The van der Waals surface area contributed by atoms with E-state index in [-0.39, 0.29) is 6.04 Å². The van der Waals surface area contributed by atoms with Crippen molar-refractivity contribution < 1.29 is 0 Å². The highest BCUT2D eigenvalue weighted by atomic mass is 15.0. The maximum Gasteiger partial charge on any atom is 0.126 e. The lowest BCUT2D eigenvalue weighted by Gasteiger charge is -2.20. The molecular formula is C11H16N4. The molecule has 0 aromatic carbocycles. The quantitative estimate of drug-likeness (QED) is 0.776. The molecule has 80 valence electrons. The number of nitrogens with one attached hydrogen (secondary N) is 1. The predicted molar refractivity (Wildman–Crippen MR) is 60.3 cm³/mol. The van der Waals surface area contributed by atoms with E-state index in [1.165, 1.54) is 0 Å². The van der Waals surface area contributed by atoms with Crippen molar-refractivity contribution in [3.05, 3.63) is 23.9 Å². The van der Waals surface area contributed by atoms with E-state index in [1.54, 1.807) is 18.3 Å². The van der Waals surface area contributed by atoms with E-state index in [9.17, 15) is 0 Å². The molecule has 1 aromatic rings. The third-order valence-electron chi connectivity index (χ3n) is 2.28. The number of nitrogens with zero attached hydrogens (tertiary/aromatic N) is 2. The first-order valence-electron chi connectivity index (χ1n) is 5.00. The molecule has 1 atom stereocenters. The van der Waals surface area contributed by atoms with E-state index in [0.29, 0.717) is 18.0 Å². The summed E-state index contributed by atoms with van der Waals surface area (Å²) >= 11 is 0. The molecule has 0 aliphatic heterocycles. The van der Waals surface area contributed by atoms with Gasteiger partial charge in [-0.3, -0.25) is 0 Å². The van der Waals surface area contributed by atoms with Crippen LogP contribution in [-0.4, -0.2) is 17.6 Å². The Morgan fingerprint density at radius 1 is 1.53 bits per heavy atom. The number of pyridine rings is 1. The molecule has 4 nitrogen and oxygen atoms in total. The van der Waals surface area contributed by atoms with Gasteiger partial charge in [0.05, 0.1) is 5.56 Å². The van der Waals surface area contributed by atoms with Crippen LogP contribution in [-0.2, 0) is 0 Å². The van der Waals surface area contributed by atoms with Gasteiger partial charge in [-0.15, -0.1) is 0 Å². The Bertz CT molecular complexity index is 337. The standard InChI is InChI=1S/C11H16N4/c1-8(2)10(6-13)15-11-4-3-9(5-12)7-14-11/h3-4,7-8,10H,6,13H2,1-2H3,(H,14,15). The molecule has 15 heavy (non-hydrogen) atoms. The molecule has 0 saturated carbocycles. The largest absolute Gasteiger partial charge is 0.366 e. The van der Waals surface area contributed by atoms with Crippen LogP contribution in [0.2, 0.25) is 0 Å².